The third-order valence-corrected chi connectivity index (χ3v) is 9.74. The topological polar surface area (TPSA) is 17.8 Å². The van der Waals surface area contributed by atoms with Crippen LogP contribution < -0.4 is 0 Å². The molecule has 3 heteroatoms. The molecule has 0 atom stereocenters. The molecule has 9 aromatic rings. The molecule has 0 unspecified atom stereocenters. The Morgan fingerprint density at radius 1 is 0.386 bits per heavy atom. The van der Waals surface area contributed by atoms with Gasteiger partial charge in [-0.25, -0.2) is 4.98 Å². The first kappa shape index (κ1) is 25.0. The SMILES string of the molecule is c1ccc(-c2ccc(-c3cc(-c4ccccc4)cc(-n4c5ccccc5c5cc6c(cc54)sc4ccccc46)n3)cc2)cc1. The van der Waals surface area contributed by atoms with Crippen LogP contribution in [0.2, 0.25) is 0 Å². The first-order valence-corrected chi connectivity index (χ1v) is 15.7. The second kappa shape index (κ2) is 10.0. The molecule has 206 valence electrons. The smallest absolute Gasteiger partial charge is 0.138 e. The molecule has 6 aromatic carbocycles. The minimum absolute atomic E-state index is 0.917. The van der Waals surface area contributed by atoms with E-state index in [4.69, 9.17) is 4.98 Å². The fourth-order valence-electron chi connectivity index (χ4n) is 6.47. The first-order valence-electron chi connectivity index (χ1n) is 14.9. The largest absolute Gasteiger partial charge is 0.294 e. The second-order valence-electron chi connectivity index (χ2n) is 11.2. The van der Waals surface area contributed by atoms with Gasteiger partial charge >= 0.3 is 0 Å². The number of benzene rings is 6. The standard InChI is InChI=1S/C41H26N2S/c1-3-11-27(12-4-1)29-19-21-30(22-20-29)36-23-31(28-13-5-2-6-14-28)24-41(42-36)43-37-17-9-7-15-32(37)34-25-35-33-16-8-10-18-39(33)44-40(35)26-38(34)43/h1-26H. The molecule has 44 heavy (non-hydrogen) atoms. The van der Waals surface area contributed by atoms with Crippen molar-refractivity contribution in [1.82, 2.24) is 9.55 Å². The van der Waals surface area contributed by atoms with E-state index in [1.54, 1.807) is 0 Å². The quantitative estimate of drug-likeness (QED) is 0.203. The van der Waals surface area contributed by atoms with E-state index in [-0.39, 0.29) is 0 Å². The summed E-state index contributed by atoms with van der Waals surface area (Å²) in [5.41, 5.74) is 9.11. The van der Waals surface area contributed by atoms with E-state index in [0.29, 0.717) is 0 Å². The van der Waals surface area contributed by atoms with Crippen LogP contribution in [0.4, 0.5) is 0 Å². The molecule has 0 radical (unpaired) electrons. The van der Waals surface area contributed by atoms with Crippen molar-refractivity contribution < 1.29 is 0 Å². The van der Waals surface area contributed by atoms with Gasteiger partial charge in [-0.15, -0.1) is 11.3 Å². The Labute approximate surface area is 259 Å². The third-order valence-electron chi connectivity index (χ3n) is 8.61. The predicted octanol–water partition coefficient (Wildman–Crippen LogP) is 11.5. The monoisotopic (exact) mass is 578 g/mol. The van der Waals surface area contributed by atoms with E-state index >= 15 is 0 Å². The van der Waals surface area contributed by atoms with Gasteiger partial charge in [0.05, 0.1) is 16.7 Å². The van der Waals surface area contributed by atoms with Gasteiger partial charge in [0.25, 0.3) is 0 Å². The lowest BCUT2D eigenvalue weighted by Gasteiger charge is -2.13. The molecule has 0 aliphatic carbocycles. The zero-order chi connectivity index (χ0) is 29.0. The number of rotatable bonds is 4. The van der Waals surface area contributed by atoms with E-state index in [0.717, 1.165) is 28.2 Å². The lowest BCUT2D eigenvalue weighted by atomic mass is 10.0. The summed E-state index contributed by atoms with van der Waals surface area (Å²) in [6.45, 7) is 0. The van der Waals surface area contributed by atoms with Crippen molar-refractivity contribution in [3.05, 3.63) is 158 Å². The Balaban J connectivity index is 1.30. The van der Waals surface area contributed by atoms with Gasteiger partial charge < -0.3 is 0 Å². The molecule has 0 aliphatic heterocycles. The van der Waals surface area contributed by atoms with Gasteiger partial charge in [-0.2, -0.15) is 0 Å². The minimum atomic E-state index is 0.917. The van der Waals surface area contributed by atoms with Crippen molar-refractivity contribution >= 4 is 53.3 Å². The molecular formula is C41H26N2S. The molecule has 0 saturated heterocycles. The maximum Gasteiger partial charge on any atom is 0.138 e. The van der Waals surface area contributed by atoms with E-state index in [1.165, 1.54) is 53.2 Å². The highest BCUT2D eigenvalue weighted by Crippen LogP contribution is 2.41. The number of fused-ring (bicyclic) bond motifs is 6. The van der Waals surface area contributed by atoms with Gasteiger partial charge in [0.2, 0.25) is 0 Å². The van der Waals surface area contributed by atoms with Crippen LogP contribution in [0, 0.1) is 0 Å². The average Bonchev–Trinajstić information content (AvgIpc) is 3.62. The lowest BCUT2D eigenvalue weighted by Crippen LogP contribution is -2.00. The summed E-state index contributed by atoms with van der Waals surface area (Å²) in [6.07, 6.45) is 0. The summed E-state index contributed by atoms with van der Waals surface area (Å²) in [5, 5.41) is 5.11. The zero-order valence-corrected chi connectivity index (χ0v) is 24.6. The van der Waals surface area contributed by atoms with Crippen molar-refractivity contribution in [3.63, 3.8) is 0 Å². The number of para-hydroxylation sites is 1. The molecule has 0 amide bonds. The Hall–Kier alpha value is -5.51. The van der Waals surface area contributed by atoms with Crippen LogP contribution in [0.25, 0.3) is 81.3 Å². The highest BCUT2D eigenvalue weighted by Gasteiger charge is 2.18. The summed E-state index contributed by atoms with van der Waals surface area (Å²) in [7, 11) is 0. The van der Waals surface area contributed by atoms with Crippen LogP contribution in [0.15, 0.2) is 158 Å². The lowest BCUT2D eigenvalue weighted by molar-refractivity contribution is 1.09. The van der Waals surface area contributed by atoms with Gasteiger partial charge in [-0.05, 0) is 58.7 Å². The highest BCUT2D eigenvalue weighted by molar-refractivity contribution is 7.25. The summed E-state index contributed by atoms with van der Waals surface area (Å²) < 4.78 is 4.96. The molecule has 0 aliphatic rings. The predicted molar refractivity (Wildman–Crippen MR) is 188 cm³/mol. The normalized spacial score (nSPS) is 11.6. The molecule has 0 saturated carbocycles. The van der Waals surface area contributed by atoms with Gasteiger partial charge in [-0.1, -0.05) is 121 Å². The zero-order valence-electron chi connectivity index (χ0n) is 23.8. The fraction of sp³-hybridized carbons (Fsp3) is 0. The third kappa shape index (κ3) is 4.05. The van der Waals surface area contributed by atoms with Crippen LogP contribution in [-0.4, -0.2) is 9.55 Å². The maximum atomic E-state index is 5.36. The Morgan fingerprint density at radius 3 is 1.77 bits per heavy atom. The van der Waals surface area contributed by atoms with Gasteiger partial charge in [-0.3, -0.25) is 4.57 Å². The van der Waals surface area contributed by atoms with E-state index in [1.807, 2.05) is 11.3 Å². The molecule has 3 heterocycles. The van der Waals surface area contributed by atoms with Gasteiger partial charge in [0.15, 0.2) is 0 Å². The number of hydrogen-bond donors (Lipinski definition) is 0. The van der Waals surface area contributed by atoms with Crippen LogP contribution in [0.3, 0.4) is 0 Å². The Bertz CT molecular complexity index is 2470. The van der Waals surface area contributed by atoms with Crippen LogP contribution in [-0.2, 0) is 0 Å². The Morgan fingerprint density at radius 2 is 1.00 bits per heavy atom. The van der Waals surface area contributed by atoms with Crippen LogP contribution in [0.1, 0.15) is 0 Å². The van der Waals surface area contributed by atoms with E-state index in [9.17, 15) is 0 Å². The molecule has 0 fully saturated rings. The number of nitrogens with zero attached hydrogens (tertiary/aromatic N) is 2. The molecule has 0 bridgehead atoms. The molecule has 3 aromatic heterocycles. The van der Waals surface area contributed by atoms with E-state index in [2.05, 4.69) is 162 Å². The van der Waals surface area contributed by atoms with Crippen molar-refractivity contribution in [1.29, 1.82) is 0 Å². The highest BCUT2D eigenvalue weighted by atomic mass is 32.1. The summed E-state index contributed by atoms with van der Waals surface area (Å²) in [5.74, 6) is 0.917. The van der Waals surface area contributed by atoms with Gasteiger partial charge in [0, 0.05) is 36.5 Å². The molecule has 2 nitrogen and oxygen atoms in total. The summed E-state index contributed by atoms with van der Waals surface area (Å²) in [4.78, 5) is 5.36. The minimum Gasteiger partial charge on any atom is -0.294 e. The van der Waals surface area contributed by atoms with Crippen molar-refractivity contribution in [2.75, 3.05) is 0 Å². The van der Waals surface area contributed by atoms with Crippen LogP contribution in [0.5, 0.6) is 0 Å². The molecule has 9 rings (SSSR count). The van der Waals surface area contributed by atoms with Crippen molar-refractivity contribution in [2.45, 2.75) is 0 Å². The second-order valence-corrected chi connectivity index (χ2v) is 12.3. The fourth-order valence-corrected chi connectivity index (χ4v) is 7.59. The number of aromatic nitrogens is 2. The first-order chi connectivity index (χ1) is 21.8. The molecule has 0 N–H and O–H groups in total. The summed E-state index contributed by atoms with van der Waals surface area (Å²) in [6, 6.07) is 56.5. The Kier molecular flexibility index (Phi) is 5.71. The molecular weight excluding hydrogens is 553 g/mol. The summed E-state index contributed by atoms with van der Waals surface area (Å²) >= 11 is 1.86. The molecule has 0 spiro atoms. The number of thiophene rings is 1. The van der Waals surface area contributed by atoms with E-state index < -0.39 is 0 Å². The van der Waals surface area contributed by atoms with Crippen molar-refractivity contribution in [2.24, 2.45) is 0 Å². The number of pyridine rings is 1. The maximum absolute atomic E-state index is 5.36. The average molecular weight is 579 g/mol. The van der Waals surface area contributed by atoms with Gasteiger partial charge in [0.1, 0.15) is 5.82 Å². The van der Waals surface area contributed by atoms with Crippen molar-refractivity contribution in [3.8, 4) is 39.3 Å². The number of hydrogen-bond acceptors (Lipinski definition) is 2. The van der Waals surface area contributed by atoms with Crippen LogP contribution >= 0.6 is 11.3 Å².